The van der Waals surface area contributed by atoms with E-state index in [4.69, 9.17) is 9.47 Å². The molecule has 0 aliphatic rings. The van der Waals surface area contributed by atoms with Crippen molar-refractivity contribution < 1.29 is 19.2 Å². The second kappa shape index (κ2) is 6.64. The lowest BCUT2D eigenvalue weighted by atomic mass is 10.0. The number of nitrogens with one attached hydrogen (secondary N) is 1. The maximum Gasteiger partial charge on any atom is 0.354 e. The van der Waals surface area contributed by atoms with Crippen LogP contribution >= 0.6 is 0 Å². The van der Waals surface area contributed by atoms with Crippen molar-refractivity contribution in [1.29, 1.82) is 0 Å². The van der Waals surface area contributed by atoms with Crippen LogP contribution in [0.15, 0.2) is 42.5 Å². The Morgan fingerprint density at radius 2 is 1.92 bits per heavy atom. The van der Waals surface area contributed by atoms with E-state index < -0.39 is 10.9 Å². The molecule has 0 aliphatic carbocycles. The Bertz CT molecular complexity index is 944. The van der Waals surface area contributed by atoms with E-state index in [0.29, 0.717) is 16.7 Å². The minimum atomic E-state index is -0.548. The van der Waals surface area contributed by atoms with E-state index in [1.807, 2.05) is 24.3 Å². The molecule has 0 amide bonds. The molecule has 0 fully saturated rings. The third-order valence-corrected chi connectivity index (χ3v) is 3.86. The number of fused-ring (bicyclic) bond motifs is 1. The molecule has 7 heteroatoms. The number of carbonyl (C=O) groups excluding carboxylic acids is 1. The van der Waals surface area contributed by atoms with Crippen LogP contribution < -0.4 is 4.74 Å². The van der Waals surface area contributed by atoms with E-state index in [1.54, 1.807) is 26.2 Å². The zero-order valence-corrected chi connectivity index (χ0v) is 13.7. The number of hydrogen-bond donors (Lipinski definition) is 1. The SMILES string of the molecule is CCOC(=O)c1cc2c(-c3ccc(OC)cc3)ccc([N+](=O)[O-])c2[nH]1. The smallest absolute Gasteiger partial charge is 0.354 e. The average molecular weight is 340 g/mol. The number of ether oxygens (including phenoxy) is 2. The Balaban J connectivity index is 2.20. The van der Waals surface area contributed by atoms with Gasteiger partial charge in [0.25, 0.3) is 5.69 Å². The van der Waals surface area contributed by atoms with Crippen molar-refractivity contribution in [1.82, 2.24) is 4.98 Å². The van der Waals surface area contributed by atoms with Crippen molar-refractivity contribution in [3.8, 4) is 16.9 Å². The number of non-ortho nitro benzene ring substituents is 1. The Hall–Kier alpha value is -3.35. The zero-order valence-electron chi connectivity index (χ0n) is 13.7. The number of nitro groups is 1. The van der Waals surface area contributed by atoms with Gasteiger partial charge in [-0.2, -0.15) is 0 Å². The number of esters is 1. The first-order valence-electron chi connectivity index (χ1n) is 7.66. The maximum absolute atomic E-state index is 12.0. The Kier molecular flexibility index (Phi) is 4.38. The molecule has 2 aromatic carbocycles. The van der Waals surface area contributed by atoms with Gasteiger partial charge in [0.05, 0.1) is 18.6 Å². The lowest BCUT2D eigenvalue weighted by Crippen LogP contribution is -2.04. The molecular formula is C18H16N2O5. The third-order valence-electron chi connectivity index (χ3n) is 3.86. The number of aromatic amines is 1. The molecule has 0 radical (unpaired) electrons. The second-order valence-electron chi connectivity index (χ2n) is 5.31. The number of benzene rings is 2. The molecule has 0 saturated heterocycles. The van der Waals surface area contributed by atoms with Gasteiger partial charge in [-0.1, -0.05) is 12.1 Å². The summed E-state index contributed by atoms with van der Waals surface area (Å²) in [6, 6.07) is 12.0. The Morgan fingerprint density at radius 3 is 2.52 bits per heavy atom. The molecular weight excluding hydrogens is 324 g/mol. The highest BCUT2D eigenvalue weighted by Crippen LogP contribution is 2.35. The van der Waals surface area contributed by atoms with Crippen LogP contribution in [-0.4, -0.2) is 29.6 Å². The molecule has 1 aromatic heterocycles. The molecule has 0 unspecified atom stereocenters. The standard InChI is InChI=1S/C18H16N2O5/c1-3-25-18(21)15-10-14-13(11-4-6-12(24-2)7-5-11)8-9-16(20(22)23)17(14)19-15/h4-10,19H,3H2,1-2H3. The summed E-state index contributed by atoms with van der Waals surface area (Å²) in [5.74, 6) is 0.164. The molecule has 3 aromatic rings. The zero-order chi connectivity index (χ0) is 18.0. The molecule has 128 valence electrons. The molecule has 25 heavy (non-hydrogen) atoms. The summed E-state index contributed by atoms with van der Waals surface area (Å²) >= 11 is 0. The van der Waals surface area contributed by atoms with Gasteiger partial charge in [0.1, 0.15) is 17.0 Å². The normalized spacial score (nSPS) is 10.6. The van der Waals surface area contributed by atoms with Crippen molar-refractivity contribution in [2.24, 2.45) is 0 Å². The molecule has 7 nitrogen and oxygen atoms in total. The van der Waals surface area contributed by atoms with Gasteiger partial charge in [0, 0.05) is 11.5 Å². The van der Waals surface area contributed by atoms with E-state index in [0.717, 1.165) is 11.1 Å². The van der Waals surface area contributed by atoms with Crippen molar-refractivity contribution in [3.05, 3.63) is 58.3 Å². The summed E-state index contributed by atoms with van der Waals surface area (Å²) in [5, 5.41) is 11.9. The molecule has 3 rings (SSSR count). The third kappa shape index (κ3) is 3.03. The highest BCUT2D eigenvalue weighted by molar-refractivity contribution is 6.04. The topological polar surface area (TPSA) is 94.5 Å². The number of rotatable bonds is 5. The predicted molar refractivity (Wildman–Crippen MR) is 92.9 cm³/mol. The molecule has 0 aliphatic heterocycles. The lowest BCUT2D eigenvalue weighted by molar-refractivity contribution is -0.383. The van der Waals surface area contributed by atoms with E-state index in [9.17, 15) is 14.9 Å². The van der Waals surface area contributed by atoms with Crippen LogP contribution in [0.5, 0.6) is 5.75 Å². The molecule has 0 atom stereocenters. The number of aromatic nitrogens is 1. The largest absolute Gasteiger partial charge is 0.497 e. The van der Waals surface area contributed by atoms with Crippen molar-refractivity contribution >= 4 is 22.6 Å². The van der Waals surface area contributed by atoms with Crippen molar-refractivity contribution in [3.63, 3.8) is 0 Å². The highest BCUT2D eigenvalue weighted by Gasteiger charge is 2.20. The number of carbonyl (C=O) groups is 1. The minimum absolute atomic E-state index is 0.0946. The van der Waals surface area contributed by atoms with Crippen molar-refractivity contribution in [2.45, 2.75) is 6.92 Å². The first-order chi connectivity index (χ1) is 12.0. The lowest BCUT2D eigenvalue weighted by Gasteiger charge is -2.06. The van der Waals surface area contributed by atoms with Crippen molar-refractivity contribution in [2.75, 3.05) is 13.7 Å². The molecule has 0 saturated carbocycles. The van der Waals surface area contributed by atoms with Gasteiger partial charge < -0.3 is 14.5 Å². The first kappa shape index (κ1) is 16.5. The van der Waals surface area contributed by atoms with Crippen LogP contribution in [0.4, 0.5) is 5.69 Å². The summed E-state index contributed by atoms with van der Waals surface area (Å²) in [7, 11) is 1.58. The minimum Gasteiger partial charge on any atom is -0.497 e. The summed E-state index contributed by atoms with van der Waals surface area (Å²) < 4.78 is 10.1. The first-order valence-corrected chi connectivity index (χ1v) is 7.66. The van der Waals surface area contributed by atoms with Crippen LogP contribution in [0.2, 0.25) is 0 Å². The van der Waals surface area contributed by atoms with Crippen LogP contribution in [-0.2, 0) is 4.74 Å². The van der Waals surface area contributed by atoms with Gasteiger partial charge in [0.15, 0.2) is 0 Å². The van der Waals surface area contributed by atoms with E-state index in [1.165, 1.54) is 6.07 Å². The number of hydrogen-bond acceptors (Lipinski definition) is 5. The van der Waals surface area contributed by atoms with Crippen LogP contribution in [0, 0.1) is 10.1 Å². The second-order valence-corrected chi connectivity index (χ2v) is 5.31. The van der Waals surface area contributed by atoms with Gasteiger partial charge >= 0.3 is 5.97 Å². The Morgan fingerprint density at radius 1 is 1.20 bits per heavy atom. The fourth-order valence-electron chi connectivity index (χ4n) is 2.70. The average Bonchev–Trinajstić information content (AvgIpc) is 3.06. The van der Waals surface area contributed by atoms with Gasteiger partial charge in [-0.05, 0) is 42.3 Å². The van der Waals surface area contributed by atoms with Crippen LogP contribution in [0.1, 0.15) is 17.4 Å². The van der Waals surface area contributed by atoms with Gasteiger partial charge in [-0.3, -0.25) is 10.1 Å². The Labute approximate surface area is 143 Å². The predicted octanol–water partition coefficient (Wildman–Crippen LogP) is 3.93. The quantitative estimate of drug-likeness (QED) is 0.431. The monoisotopic (exact) mass is 340 g/mol. The van der Waals surface area contributed by atoms with E-state index in [-0.39, 0.29) is 18.0 Å². The summed E-state index contributed by atoms with van der Waals surface area (Å²) in [6.07, 6.45) is 0. The fourth-order valence-corrected chi connectivity index (χ4v) is 2.70. The van der Waals surface area contributed by atoms with Gasteiger partial charge in [0.2, 0.25) is 0 Å². The summed E-state index contributed by atoms with van der Waals surface area (Å²) in [5.41, 5.74) is 2.01. The maximum atomic E-state index is 12.0. The number of methoxy groups -OCH3 is 1. The molecule has 1 N–H and O–H groups in total. The van der Waals surface area contributed by atoms with Crippen LogP contribution in [0.25, 0.3) is 22.0 Å². The fraction of sp³-hybridized carbons (Fsp3) is 0.167. The van der Waals surface area contributed by atoms with E-state index >= 15 is 0 Å². The molecule has 0 spiro atoms. The number of nitro benzene ring substituents is 1. The van der Waals surface area contributed by atoms with Crippen LogP contribution in [0.3, 0.4) is 0 Å². The number of H-pyrrole nitrogens is 1. The highest BCUT2D eigenvalue weighted by atomic mass is 16.6. The summed E-state index contributed by atoms with van der Waals surface area (Å²) in [4.78, 5) is 25.6. The molecule has 1 heterocycles. The molecule has 0 bridgehead atoms. The van der Waals surface area contributed by atoms with E-state index in [2.05, 4.69) is 4.98 Å². The van der Waals surface area contributed by atoms with Gasteiger partial charge in [-0.15, -0.1) is 0 Å². The number of nitrogens with zero attached hydrogens (tertiary/aromatic N) is 1. The van der Waals surface area contributed by atoms with Gasteiger partial charge in [-0.25, -0.2) is 4.79 Å². The summed E-state index contributed by atoms with van der Waals surface area (Å²) in [6.45, 7) is 1.92.